The third-order valence-corrected chi connectivity index (χ3v) is 4.87. The van der Waals surface area contributed by atoms with Crippen molar-refractivity contribution in [3.05, 3.63) is 26.6 Å². The maximum atomic E-state index is 11.6. The van der Waals surface area contributed by atoms with Gasteiger partial charge >= 0.3 is 6.09 Å². The second-order valence-corrected chi connectivity index (χ2v) is 14.4. The van der Waals surface area contributed by atoms with Crippen LogP contribution in [0.2, 0.25) is 19.6 Å². The second-order valence-electron chi connectivity index (χ2n) is 7.90. The van der Waals surface area contributed by atoms with Crippen molar-refractivity contribution >= 4 is 46.0 Å². The standard InChI is InChI=1S/C19H27Br2NO3Si/c1-19(2,3)25-18(23)22-9-7-10-24-17-15(20)12-14(13-16(17)21)8-11-26(4,5)6/h12-13H,7,9-10H2,1-6H3,(H,22,23). The molecule has 1 rings (SSSR count). The molecule has 0 atom stereocenters. The minimum atomic E-state index is -1.41. The van der Waals surface area contributed by atoms with Gasteiger partial charge in [0.15, 0.2) is 0 Å². The van der Waals surface area contributed by atoms with E-state index in [4.69, 9.17) is 9.47 Å². The fraction of sp³-hybridized carbons (Fsp3) is 0.526. The van der Waals surface area contributed by atoms with E-state index in [0.29, 0.717) is 19.6 Å². The number of carbonyl (C=O) groups excluding carboxylic acids is 1. The summed E-state index contributed by atoms with van der Waals surface area (Å²) in [5.74, 6) is 3.97. The lowest BCUT2D eigenvalue weighted by atomic mass is 10.2. The molecular weight excluding hydrogens is 478 g/mol. The molecule has 0 aliphatic rings. The summed E-state index contributed by atoms with van der Waals surface area (Å²) in [6, 6.07) is 3.93. The third kappa shape index (κ3) is 9.65. The van der Waals surface area contributed by atoms with Crippen molar-refractivity contribution in [3.8, 4) is 17.2 Å². The fourth-order valence-electron chi connectivity index (χ4n) is 1.78. The molecule has 0 radical (unpaired) electrons. The molecule has 26 heavy (non-hydrogen) atoms. The van der Waals surface area contributed by atoms with Gasteiger partial charge in [0.25, 0.3) is 0 Å². The lowest BCUT2D eigenvalue weighted by molar-refractivity contribution is 0.0525. The van der Waals surface area contributed by atoms with Crippen LogP contribution in [0.25, 0.3) is 0 Å². The van der Waals surface area contributed by atoms with E-state index in [-0.39, 0.29) is 0 Å². The number of benzene rings is 1. The molecule has 4 nitrogen and oxygen atoms in total. The Morgan fingerprint density at radius 3 is 2.27 bits per heavy atom. The van der Waals surface area contributed by atoms with Crippen molar-refractivity contribution in [3.63, 3.8) is 0 Å². The highest BCUT2D eigenvalue weighted by molar-refractivity contribution is 9.11. The van der Waals surface area contributed by atoms with Gasteiger partial charge in [0.05, 0.1) is 15.6 Å². The Labute approximate surface area is 174 Å². The maximum Gasteiger partial charge on any atom is 0.407 e. The number of ether oxygens (including phenoxy) is 2. The van der Waals surface area contributed by atoms with Crippen LogP contribution in [-0.2, 0) is 4.74 Å². The molecule has 0 unspecified atom stereocenters. The van der Waals surface area contributed by atoms with Crippen LogP contribution in [0.5, 0.6) is 5.75 Å². The van der Waals surface area contributed by atoms with Gasteiger partial charge in [-0.1, -0.05) is 25.6 Å². The van der Waals surface area contributed by atoms with E-state index >= 15 is 0 Å². The van der Waals surface area contributed by atoms with Crippen LogP contribution in [0.3, 0.4) is 0 Å². The summed E-state index contributed by atoms with van der Waals surface area (Å²) in [5, 5.41) is 2.72. The zero-order valence-corrected chi connectivity index (χ0v) is 20.4. The SMILES string of the molecule is CC(C)(C)OC(=O)NCCCOc1c(Br)cc(C#C[Si](C)(C)C)cc1Br. The Morgan fingerprint density at radius 1 is 1.19 bits per heavy atom. The van der Waals surface area contributed by atoms with Gasteiger partial charge in [-0.15, -0.1) is 5.54 Å². The summed E-state index contributed by atoms with van der Waals surface area (Å²) in [5.41, 5.74) is 3.81. The molecule has 0 spiro atoms. The van der Waals surface area contributed by atoms with Crippen molar-refractivity contribution in [1.82, 2.24) is 5.32 Å². The summed E-state index contributed by atoms with van der Waals surface area (Å²) >= 11 is 7.09. The van der Waals surface area contributed by atoms with E-state index in [2.05, 4.69) is 68.3 Å². The highest BCUT2D eigenvalue weighted by Gasteiger charge is 2.15. The molecule has 1 amide bonds. The van der Waals surface area contributed by atoms with Crippen LogP contribution in [0.1, 0.15) is 32.8 Å². The highest BCUT2D eigenvalue weighted by atomic mass is 79.9. The average Bonchev–Trinajstić information content (AvgIpc) is 2.44. The first-order valence-corrected chi connectivity index (χ1v) is 13.6. The number of nitrogens with one attached hydrogen (secondary N) is 1. The van der Waals surface area contributed by atoms with Crippen LogP contribution in [0.4, 0.5) is 4.79 Å². The molecule has 0 aliphatic heterocycles. The molecule has 0 aliphatic carbocycles. The molecular formula is C19H27Br2NO3Si. The van der Waals surface area contributed by atoms with Crippen LogP contribution >= 0.6 is 31.9 Å². The minimum absolute atomic E-state index is 0.412. The maximum absolute atomic E-state index is 11.6. The normalized spacial score (nSPS) is 11.4. The van der Waals surface area contributed by atoms with Crippen molar-refractivity contribution in [2.45, 2.75) is 52.4 Å². The van der Waals surface area contributed by atoms with Gasteiger partial charge in [-0.25, -0.2) is 4.79 Å². The molecule has 0 saturated heterocycles. The van der Waals surface area contributed by atoms with Crippen LogP contribution < -0.4 is 10.1 Å². The van der Waals surface area contributed by atoms with Gasteiger partial charge < -0.3 is 14.8 Å². The second kappa shape index (κ2) is 9.82. The topological polar surface area (TPSA) is 47.6 Å². The summed E-state index contributed by atoms with van der Waals surface area (Å²) in [7, 11) is -1.41. The first kappa shape index (κ1) is 23.1. The first-order chi connectivity index (χ1) is 11.9. The summed E-state index contributed by atoms with van der Waals surface area (Å²) in [4.78, 5) is 11.6. The third-order valence-electron chi connectivity index (χ3n) is 2.82. The number of hydrogen-bond acceptors (Lipinski definition) is 3. The van der Waals surface area contributed by atoms with Crippen LogP contribution in [-0.4, -0.2) is 32.9 Å². The lowest BCUT2D eigenvalue weighted by Crippen LogP contribution is -2.33. The Hall–Kier alpha value is -0.973. The number of amides is 1. The van der Waals surface area contributed by atoms with E-state index < -0.39 is 19.8 Å². The van der Waals surface area contributed by atoms with Crippen molar-refractivity contribution in [2.75, 3.05) is 13.2 Å². The number of halogens is 2. The van der Waals surface area contributed by atoms with Crippen molar-refractivity contribution in [1.29, 1.82) is 0 Å². The van der Waals surface area contributed by atoms with Crippen LogP contribution in [0, 0.1) is 11.5 Å². The lowest BCUT2D eigenvalue weighted by Gasteiger charge is -2.19. The van der Waals surface area contributed by atoms with E-state index in [1.165, 1.54) is 0 Å². The first-order valence-electron chi connectivity index (χ1n) is 8.49. The highest BCUT2D eigenvalue weighted by Crippen LogP contribution is 2.34. The monoisotopic (exact) mass is 503 g/mol. The molecule has 1 aromatic rings. The molecule has 0 fully saturated rings. The number of carbonyl (C=O) groups is 1. The largest absolute Gasteiger partial charge is 0.491 e. The molecule has 0 saturated carbocycles. The van der Waals surface area contributed by atoms with Gasteiger partial charge in [-0.2, -0.15) is 0 Å². The number of alkyl carbamates (subject to hydrolysis) is 1. The average molecular weight is 505 g/mol. The minimum Gasteiger partial charge on any atom is -0.491 e. The molecule has 144 valence electrons. The number of rotatable bonds is 5. The Bertz CT molecular complexity index is 674. The molecule has 0 heterocycles. The molecule has 0 bridgehead atoms. The van der Waals surface area contributed by atoms with Crippen molar-refractivity contribution < 1.29 is 14.3 Å². The molecule has 1 aromatic carbocycles. The zero-order valence-electron chi connectivity index (χ0n) is 16.3. The Balaban J connectivity index is 2.53. The summed E-state index contributed by atoms with van der Waals surface area (Å²) in [6.07, 6.45) is 0.264. The van der Waals surface area contributed by atoms with E-state index in [9.17, 15) is 4.79 Å². The zero-order chi connectivity index (χ0) is 20.0. The molecule has 1 N–H and O–H groups in total. The molecule has 0 aromatic heterocycles. The fourth-order valence-corrected chi connectivity index (χ4v) is 3.72. The van der Waals surface area contributed by atoms with Gasteiger partial charge in [0.2, 0.25) is 0 Å². The van der Waals surface area contributed by atoms with Crippen molar-refractivity contribution in [2.24, 2.45) is 0 Å². The number of hydrogen-bond donors (Lipinski definition) is 1. The summed E-state index contributed by atoms with van der Waals surface area (Å²) < 4.78 is 12.7. The van der Waals surface area contributed by atoms with E-state index in [1.54, 1.807) is 0 Å². The smallest absolute Gasteiger partial charge is 0.407 e. The predicted octanol–water partition coefficient (Wildman–Crippen LogP) is 5.73. The van der Waals surface area contributed by atoms with Crippen LogP contribution in [0.15, 0.2) is 21.1 Å². The predicted molar refractivity (Wildman–Crippen MR) is 116 cm³/mol. The van der Waals surface area contributed by atoms with Gasteiger partial charge in [0.1, 0.15) is 19.4 Å². The Kier molecular flexibility index (Phi) is 8.71. The van der Waals surface area contributed by atoms with E-state index in [1.807, 2.05) is 32.9 Å². The van der Waals surface area contributed by atoms with Gasteiger partial charge in [-0.05, 0) is 71.2 Å². The Morgan fingerprint density at radius 2 is 1.77 bits per heavy atom. The molecule has 7 heteroatoms. The summed E-state index contributed by atoms with van der Waals surface area (Å²) in [6.45, 7) is 13.1. The quantitative estimate of drug-likeness (QED) is 0.316. The van der Waals surface area contributed by atoms with E-state index in [0.717, 1.165) is 20.3 Å². The van der Waals surface area contributed by atoms with Gasteiger partial charge in [0, 0.05) is 12.1 Å². The van der Waals surface area contributed by atoms with Gasteiger partial charge in [-0.3, -0.25) is 0 Å².